The van der Waals surface area contributed by atoms with Crippen LogP contribution in [0.15, 0.2) is 0 Å². The molecule has 0 aromatic heterocycles. The molecule has 1 aliphatic carbocycles. The second-order valence-electron chi connectivity index (χ2n) is 6.44. The molecule has 5 heteroatoms. The van der Waals surface area contributed by atoms with Crippen LogP contribution in [0, 0.1) is 0 Å². The minimum Gasteiger partial charge on any atom is -0.468 e. The molecule has 2 rings (SSSR count). The van der Waals surface area contributed by atoms with Gasteiger partial charge in [-0.05, 0) is 59.8 Å². The maximum absolute atomic E-state index is 12.1. The highest BCUT2D eigenvalue weighted by molar-refractivity contribution is 5.81. The second-order valence-corrected chi connectivity index (χ2v) is 6.44. The van der Waals surface area contributed by atoms with Crippen LogP contribution in [-0.4, -0.2) is 74.7 Å². The van der Waals surface area contributed by atoms with E-state index in [2.05, 4.69) is 29.2 Å². The largest absolute Gasteiger partial charge is 0.468 e. The highest BCUT2D eigenvalue weighted by Crippen LogP contribution is 2.35. The summed E-state index contributed by atoms with van der Waals surface area (Å²) in [4.78, 5) is 17.0. The van der Waals surface area contributed by atoms with Crippen molar-refractivity contribution in [3.8, 4) is 0 Å². The third-order valence-electron chi connectivity index (χ3n) is 5.29. The number of likely N-dealkylation sites (tertiary alicyclic amines) is 1. The molecule has 0 amide bonds. The zero-order chi connectivity index (χ0) is 14.8. The van der Waals surface area contributed by atoms with Gasteiger partial charge >= 0.3 is 5.97 Å². The van der Waals surface area contributed by atoms with E-state index < -0.39 is 5.54 Å². The predicted molar refractivity (Wildman–Crippen MR) is 79.7 cm³/mol. The van der Waals surface area contributed by atoms with Crippen molar-refractivity contribution in [3.05, 3.63) is 0 Å². The minimum atomic E-state index is -0.478. The van der Waals surface area contributed by atoms with E-state index in [1.165, 1.54) is 26.5 Å². The summed E-state index contributed by atoms with van der Waals surface area (Å²) in [6, 6.07) is 1.09. The summed E-state index contributed by atoms with van der Waals surface area (Å²) >= 11 is 0. The van der Waals surface area contributed by atoms with Gasteiger partial charge in [-0.3, -0.25) is 9.69 Å². The molecule has 5 nitrogen and oxygen atoms in total. The first-order valence-electron chi connectivity index (χ1n) is 7.70. The molecule has 0 radical (unpaired) electrons. The quantitative estimate of drug-likeness (QED) is 0.769. The molecule has 0 bridgehead atoms. The number of hydrogen-bond donors (Lipinski definition) is 1. The number of nitrogens with zero attached hydrogens (tertiary/aromatic N) is 2. The molecule has 1 heterocycles. The summed E-state index contributed by atoms with van der Waals surface area (Å²) in [5.74, 6) is -0.114. The number of ether oxygens (including phenoxy) is 1. The smallest absolute Gasteiger partial charge is 0.326 e. The normalized spacial score (nSPS) is 35.5. The molecule has 116 valence electrons. The Hall–Kier alpha value is -0.650. The molecule has 3 unspecified atom stereocenters. The van der Waals surface area contributed by atoms with Gasteiger partial charge in [0.2, 0.25) is 0 Å². The van der Waals surface area contributed by atoms with Gasteiger partial charge in [-0.25, -0.2) is 0 Å². The van der Waals surface area contributed by atoms with Crippen molar-refractivity contribution in [2.24, 2.45) is 0 Å². The molecule has 2 aliphatic rings. The molecular weight excluding hydrogens is 254 g/mol. The van der Waals surface area contributed by atoms with Gasteiger partial charge in [-0.2, -0.15) is 0 Å². The fraction of sp³-hybridized carbons (Fsp3) is 0.933. The first-order chi connectivity index (χ1) is 9.52. The number of methoxy groups -OCH3 is 1. The van der Waals surface area contributed by atoms with Crippen molar-refractivity contribution < 1.29 is 9.53 Å². The molecule has 0 aromatic rings. The number of likely N-dealkylation sites (N-methyl/N-ethyl adjacent to an activating group) is 3. The molecule has 0 aromatic carbocycles. The zero-order valence-electron chi connectivity index (χ0n) is 13.3. The van der Waals surface area contributed by atoms with E-state index in [9.17, 15) is 4.79 Å². The van der Waals surface area contributed by atoms with Crippen LogP contribution in [0.1, 0.15) is 32.1 Å². The Morgan fingerprint density at radius 2 is 2.15 bits per heavy atom. The third-order valence-corrected chi connectivity index (χ3v) is 5.29. The van der Waals surface area contributed by atoms with Crippen molar-refractivity contribution in [1.82, 2.24) is 15.1 Å². The van der Waals surface area contributed by atoms with Gasteiger partial charge in [0.15, 0.2) is 0 Å². The van der Waals surface area contributed by atoms with Crippen molar-refractivity contribution in [3.63, 3.8) is 0 Å². The standard InChI is InChI=1S/C15H29N3O2/c1-16-15(14(19)20-4)8-7-12(10-15)18(3)13-6-5-9-17(2)11-13/h12-13,16H,5-11H2,1-4H3. The van der Waals surface area contributed by atoms with Crippen LogP contribution in [0.3, 0.4) is 0 Å². The monoisotopic (exact) mass is 283 g/mol. The Bertz CT molecular complexity index is 350. The number of nitrogens with one attached hydrogen (secondary N) is 1. The maximum Gasteiger partial charge on any atom is 0.326 e. The minimum absolute atomic E-state index is 0.114. The van der Waals surface area contributed by atoms with Gasteiger partial charge in [-0.1, -0.05) is 0 Å². The molecule has 1 aliphatic heterocycles. The van der Waals surface area contributed by atoms with Gasteiger partial charge in [0, 0.05) is 18.6 Å². The first kappa shape index (κ1) is 15.7. The van der Waals surface area contributed by atoms with Gasteiger partial charge in [0.1, 0.15) is 5.54 Å². The molecule has 1 saturated carbocycles. The Morgan fingerprint density at radius 1 is 1.40 bits per heavy atom. The highest BCUT2D eigenvalue weighted by Gasteiger charge is 2.47. The number of rotatable bonds is 4. The lowest BCUT2D eigenvalue weighted by Gasteiger charge is -2.39. The SMILES string of the molecule is CNC1(C(=O)OC)CCC(N(C)C2CCCN(C)C2)C1. The van der Waals surface area contributed by atoms with Crippen molar-refractivity contribution in [2.45, 2.75) is 49.7 Å². The third kappa shape index (κ3) is 3.00. The molecule has 3 atom stereocenters. The van der Waals surface area contributed by atoms with Crippen molar-refractivity contribution >= 4 is 5.97 Å². The van der Waals surface area contributed by atoms with Crippen LogP contribution < -0.4 is 5.32 Å². The molecular formula is C15H29N3O2. The van der Waals surface area contributed by atoms with Crippen LogP contribution >= 0.6 is 0 Å². The lowest BCUT2D eigenvalue weighted by atomic mass is 9.97. The summed E-state index contributed by atoms with van der Waals surface area (Å²) in [6.07, 6.45) is 5.32. The summed E-state index contributed by atoms with van der Waals surface area (Å²) in [5.41, 5.74) is -0.478. The van der Waals surface area contributed by atoms with Gasteiger partial charge in [-0.15, -0.1) is 0 Å². The van der Waals surface area contributed by atoms with E-state index in [-0.39, 0.29) is 5.97 Å². The van der Waals surface area contributed by atoms with Crippen LogP contribution in [0.5, 0.6) is 0 Å². The van der Waals surface area contributed by atoms with E-state index in [4.69, 9.17) is 4.74 Å². The number of hydrogen-bond acceptors (Lipinski definition) is 5. The Kier molecular flexibility index (Phi) is 5.04. The van der Waals surface area contributed by atoms with Crippen molar-refractivity contribution in [1.29, 1.82) is 0 Å². The number of carbonyl (C=O) groups is 1. The predicted octanol–water partition coefficient (Wildman–Crippen LogP) is 0.696. The molecule has 1 saturated heterocycles. The van der Waals surface area contributed by atoms with Crippen LogP contribution in [0.25, 0.3) is 0 Å². The Labute approximate surface area is 122 Å². The number of esters is 1. The van der Waals surface area contributed by atoms with E-state index in [0.717, 1.165) is 25.8 Å². The topological polar surface area (TPSA) is 44.8 Å². The number of carbonyl (C=O) groups excluding carboxylic acids is 1. The van der Waals surface area contributed by atoms with Crippen LogP contribution in [-0.2, 0) is 9.53 Å². The summed E-state index contributed by atoms with van der Waals surface area (Å²) < 4.78 is 4.99. The summed E-state index contributed by atoms with van der Waals surface area (Å²) in [5, 5.41) is 3.21. The Balaban J connectivity index is 1.99. The average molecular weight is 283 g/mol. The number of piperidine rings is 1. The molecule has 0 spiro atoms. The molecule has 1 N–H and O–H groups in total. The average Bonchev–Trinajstić information content (AvgIpc) is 2.91. The van der Waals surface area contributed by atoms with E-state index in [1.54, 1.807) is 0 Å². The van der Waals surface area contributed by atoms with Crippen LogP contribution in [0.2, 0.25) is 0 Å². The summed E-state index contributed by atoms with van der Waals surface area (Å²) in [7, 11) is 7.76. The van der Waals surface area contributed by atoms with Crippen molar-refractivity contribution in [2.75, 3.05) is 41.3 Å². The van der Waals surface area contributed by atoms with Gasteiger partial charge < -0.3 is 15.0 Å². The van der Waals surface area contributed by atoms with E-state index in [0.29, 0.717) is 12.1 Å². The first-order valence-corrected chi connectivity index (χ1v) is 7.70. The molecule has 20 heavy (non-hydrogen) atoms. The second kappa shape index (κ2) is 6.41. The summed E-state index contributed by atoms with van der Waals surface area (Å²) in [6.45, 7) is 2.34. The maximum atomic E-state index is 12.1. The van der Waals surface area contributed by atoms with E-state index >= 15 is 0 Å². The molecule has 2 fully saturated rings. The van der Waals surface area contributed by atoms with Crippen LogP contribution in [0.4, 0.5) is 0 Å². The van der Waals surface area contributed by atoms with E-state index in [1.807, 2.05) is 7.05 Å². The highest BCUT2D eigenvalue weighted by atomic mass is 16.5. The van der Waals surface area contributed by atoms with Gasteiger partial charge in [0.25, 0.3) is 0 Å². The lowest BCUT2D eigenvalue weighted by molar-refractivity contribution is -0.148. The Morgan fingerprint density at radius 3 is 2.75 bits per heavy atom. The fourth-order valence-corrected chi connectivity index (χ4v) is 3.85. The zero-order valence-corrected chi connectivity index (χ0v) is 13.3. The lowest BCUT2D eigenvalue weighted by Crippen LogP contribution is -2.52. The van der Waals surface area contributed by atoms with Gasteiger partial charge in [0.05, 0.1) is 7.11 Å². The fourth-order valence-electron chi connectivity index (χ4n) is 3.85.